The fourth-order valence-electron chi connectivity index (χ4n) is 5.00. The smallest absolute Gasteiger partial charge is 0.257 e. The molecule has 1 aromatic heterocycles. The van der Waals surface area contributed by atoms with Crippen LogP contribution in [0.25, 0.3) is 0 Å². The quantitative estimate of drug-likeness (QED) is 0.425. The van der Waals surface area contributed by atoms with Crippen LogP contribution in [-0.4, -0.2) is 22.9 Å². The van der Waals surface area contributed by atoms with Crippen LogP contribution in [0.3, 0.4) is 0 Å². The molecule has 5 rings (SSSR count). The second-order valence-corrected chi connectivity index (χ2v) is 10.2. The third-order valence-electron chi connectivity index (χ3n) is 6.51. The number of nitrogens with one attached hydrogen (secondary N) is 3. The SMILES string of the molecule is COc1cc(C2C3=C(CC(C)(C)CC3=O)Nc3[nH]c(=S)[nH]c(=O)c32)ccc1OCc1ccccc1. The molecule has 2 aliphatic rings. The standard InChI is InChI=1S/C27H27N3O4S/c1-27(2)12-17-22(18(31)13-27)21(23-24(28-17)29-26(35)30-25(23)32)16-9-10-19(20(11-16)33-3)34-14-15-7-5-4-6-8-15/h4-11,21H,12-14H2,1-3H3,(H3,28,29,30,32,35). The summed E-state index contributed by atoms with van der Waals surface area (Å²) < 4.78 is 11.9. The van der Waals surface area contributed by atoms with Crippen molar-refractivity contribution in [1.82, 2.24) is 9.97 Å². The molecule has 2 aromatic carbocycles. The third kappa shape index (κ3) is 4.41. The van der Waals surface area contributed by atoms with Crippen molar-refractivity contribution in [3.05, 3.63) is 91.6 Å². The van der Waals surface area contributed by atoms with Gasteiger partial charge in [-0.3, -0.25) is 14.6 Å². The number of carbonyl (C=O) groups is 1. The van der Waals surface area contributed by atoms with Gasteiger partial charge in [0.05, 0.1) is 12.7 Å². The van der Waals surface area contributed by atoms with Gasteiger partial charge in [-0.15, -0.1) is 0 Å². The number of aromatic amines is 2. The average molecular weight is 490 g/mol. The van der Waals surface area contributed by atoms with Gasteiger partial charge in [-0.25, -0.2) is 0 Å². The number of rotatable bonds is 5. The highest BCUT2D eigenvalue weighted by Crippen LogP contribution is 2.48. The van der Waals surface area contributed by atoms with Crippen molar-refractivity contribution in [1.29, 1.82) is 0 Å². The van der Waals surface area contributed by atoms with Crippen LogP contribution >= 0.6 is 12.2 Å². The fraction of sp³-hybridized carbons (Fsp3) is 0.296. The average Bonchev–Trinajstić information content (AvgIpc) is 2.81. The van der Waals surface area contributed by atoms with E-state index in [0.717, 1.165) is 16.8 Å². The van der Waals surface area contributed by atoms with E-state index in [1.54, 1.807) is 7.11 Å². The lowest BCUT2D eigenvalue weighted by Gasteiger charge is -2.38. The van der Waals surface area contributed by atoms with E-state index in [1.165, 1.54) is 0 Å². The number of ketones is 1. The number of fused-ring (bicyclic) bond motifs is 1. The van der Waals surface area contributed by atoms with Crippen molar-refractivity contribution in [2.24, 2.45) is 5.41 Å². The van der Waals surface area contributed by atoms with Gasteiger partial charge in [-0.1, -0.05) is 50.2 Å². The number of carbonyl (C=O) groups excluding carboxylic acids is 1. The lowest BCUT2D eigenvalue weighted by molar-refractivity contribution is -0.118. The monoisotopic (exact) mass is 489 g/mol. The van der Waals surface area contributed by atoms with Crippen molar-refractivity contribution < 1.29 is 14.3 Å². The molecule has 7 nitrogen and oxygen atoms in total. The van der Waals surface area contributed by atoms with Crippen molar-refractivity contribution >= 4 is 23.8 Å². The van der Waals surface area contributed by atoms with E-state index in [9.17, 15) is 9.59 Å². The van der Waals surface area contributed by atoms with E-state index < -0.39 is 5.92 Å². The zero-order chi connectivity index (χ0) is 24.7. The summed E-state index contributed by atoms with van der Waals surface area (Å²) in [5, 5.41) is 3.31. The minimum Gasteiger partial charge on any atom is -0.493 e. The van der Waals surface area contributed by atoms with Crippen LogP contribution in [0.15, 0.2) is 64.6 Å². The number of aromatic nitrogens is 2. The Labute approximate surface area is 208 Å². The van der Waals surface area contributed by atoms with Gasteiger partial charge < -0.3 is 19.8 Å². The highest BCUT2D eigenvalue weighted by molar-refractivity contribution is 7.71. The summed E-state index contributed by atoms with van der Waals surface area (Å²) in [7, 11) is 1.58. The predicted octanol–water partition coefficient (Wildman–Crippen LogP) is 5.22. The Morgan fingerprint density at radius 2 is 1.80 bits per heavy atom. The second-order valence-electron chi connectivity index (χ2n) is 9.77. The number of ether oxygens (including phenoxy) is 2. The molecule has 35 heavy (non-hydrogen) atoms. The molecule has 1 unspecified atom stereocenters. The van der Waals surface area contributed by atoms with Gasteiger partial charge in [0, 0.05) is 23.6 Å². The number of benzene rings is 2. The predicted molar refractivity (Wildman–Crippen MR) is 137 cm³/mol. The molecule has 1 atom stereocenters. The first kappa shape index (κ1) is 23.1. The molecule has 2 heterocycles. The lowest BCUT2D eigenvalue weighted by Crippen LogP contribution is -2.36. The van der Waals surface area contributed by atoms with Gasteiger partial charge in [-0.05, 0) is 47.3 Å². The van der Waals surface area contributed by atoms with E-state index in [-0.39, 0.29) is 21.5 Å². The zero-order valence-electron chi connectivity index (χ0n) is 19.9. The molecule has 0 bridgehead atoms. The summed E-state index contributed by atoms with van der Waals surface area (Å²) in [6, 6.07) is 15.4. The van der Waals surface area contributed by atoms with E-state index in [2.05, 4.69) is 29.1 Å². The normalized spacial score (nSPS) is 18.4. The molecule has 180 valence electrons. The Hall–Kier alpha value is -3.65. The molecule has 0 spiro atoms. The number of hydrogen-bond donors (Lipinski definition) is 3. The Morgan fingerprint density at radius 3 is 2.54 bits per heavy atom. The number of hydrogen-bond acceptors (Lipinski definition) is 6. The highest BCUT2D eigenvalue weighted by Gasteiger charge is 2.42. The molecule has 1 aliphatic carbocycles. The minimum atomic E-state index is -0.558. The molecule has 0 saturated carbocycles. The molecular formula is C27H27N3O4S. The van der Waals surface area contributed by atoms with Gasteiger partial charge >= 0.3 is 0 Å². The molecule has 3 N–H and O–H groups in total. The fourth-order valence-corrected chi connectivity index (χ4v) is 5.19. The van der Waals surface area contributed by atoms with Crippen LogP contribution in [0.5, 0.6) is 11.5 Å². The van der Waals surface area contributed by atoms with E-state index in [1.807, 2.05) is 48.5 Å². The molecule has 0 saturated heterocycles. The van der Waals surface area contributed by atoms with Crippen LogP contribution in [-0.2, 0) is 11.4 Å². The Balaban J connectivity index is 1.60. The Bertz CT molecular complexity index is 1450. The van der Waals surface area contributed by atoms with Gasteiger partial charge in [0.15, 0.2) is 22.1 Å². The summed E-state index contributed by atoms with van der Waals surface area (Å²) in [5.41, 5.74) is 3.18. The van der Waals surface area contributed by atoms with Crippen molar-refractivity contribution in [3.8, 4) is 11.5 Å². The summed E-state index contributed by atoms with van der Waals surface area (Å²) in [5.74, 6) is 1.11. The van der Waals surface area contributed by atoms with Crippen molar-refractivity contribution in [2.75, 3.05) is 12.4 Å². The van der Waals surface area contributed by atoms with Crippen LogP contribution in [0.1, 0.15) is 49.3 Å². The highest BCUT2D eigenvalue weighted by atomic mass is 32.1. The maximum absolute atomic E-state index is 13.4. The van der Waals surface area contributed by atoms with Gasteiger partial charge in [0.25, 0.3) is 5.56 Å². The molecule has 8 heteroatoms. The largest absolute Gasteiger partial charge is 0.493 e. The maximum Gasteiger partial charge on any atom is 0.257 e. The van der Waals surface area contributed by atoms with Crippen LogP contribution < -0.4 is 20.3 Å². The Kier molecular flexibility index (Phi) is 5.84. The topological polar surface area (TPSA) is 96.2 Å². The zero-order valence-corrected chi connectivity index (χ0v) is 20.7. The number of H-pyrrole nitrogens is 2. The molecule has 0 fully saturated rings. The van der Waals surface area contributed by atoms with E-state index >= 15 is 0 Å². The van der Waals surface area contributed by atoms with Gasteiger partial charge in [0.1, 0.15) is 12.4 Å². The Morgan fingerprint density at radius 1 is 1.03 bits per heavy atom. The maximum atomic E-state index is 13.4. The number of anilines is 1. The summed E-state index contributed by atoms with van der Waals surface area (Å²) in [6.07, 6.45) is 1.10. The molecule has 0 radical (unpaired) electrons. The van der Waals surface area contributed by atoms with Crippen LogP contribution in [0.4, 0.5) is 5.82 Å². The number of Topliss-reactive ketones (excluding diaryl/α,β-unsaturated/α-hetero) is 1. The summed E-state index contributed by atoms with van der Waals surface area (Å²) in [4.78, 5) is 32.2. The third-order valence-corrected chi connectivity index (χ3v) is 6.72. The molecule has 3 aromatic rings. The van der Waals surface area contributed by atoms with Crippen molar-refractivity contribution in [3.63, 3.8) is 0 Å². The number of methoxy groups -OCH3 is 1. The van der Waals surface area contributed by atoms with Gasteiger partial charge in [-0.2, -0.15) is 0 Å². The first-order chi connectivity index (χ1) is 16.8. The minimum absolute atomic E-state index is 0.0321. The first-order valence-corrected chi connectivity index (χ1v) is 11.9. The van der Waals surface area contributed by atoms with Crippen molar-refractivity contribution in [2.45, 2.75) is 39.2 Å². The molecule has 0 amide bonds. The molecular weight excluding hydrogens is 462 g/mol. The summed E-state index contributed by atoms with van der Waals surface area (Å²) in [6.45, 7) is 4.54. The first-order valence-electron chi connectivity index (χ1n) is 11.5. The second kappa shape index (κ2) is 8.85. The van der Waals surface area contributed by atoms with Gasteiger partial charge in [0.2, 0.25) is 0 Å². The van der Waals surface area contributed by atoms with Crippen LogP contribution in [0.2, 0.25) is 0 Å². The lowest BCUT2D eigenvalue weighted by atomic mass is 9.69. The molecule has 1 aliphatic heterocycles. The number of allylic oxidation sites excluding steroid dienone is 2. The van der Waals surface area contributed by atoms with Crippen LogP contribution in [0, 0.1) is 10.2 Å². The van der Waals surface area contributed by atoms with E-state index in [0.29, 0.717) is 47.9 Å². The van der Waals surface area contributed by atoms with E-state index in [4.69, 9.17) is 21.7 Å². The summed E-state index contributed by atoms with van der Waals surface area (Å²) >= 11 is 5.21.